The van der Waals surface area contributed by atoms with Gasteiger partial charge in [-0.15, -0.1) is 11.3 Å². The number of morpholine rings is 1. The van der Waals surface area contributed by atoms with Gasteiger partial charge in [-0.05, 0) is 24.6 Å². The molecule has 0 saturated carbocycles. The van der Waals surface area contributed by atoms with Crippen LogP contribution in [-0.4, -0.2) is 57.0 Å². The Bertz CT molecular complexity index is 795. The van der Waals surface area contributed by atoms with Crippen molar-refractivity contribution in [2.45, 2.75) is 13.3 Å². The quantitative estimate of drug-likeness (QED) is 0.607. The summed E-state index contributed by atoms with van der Waals surface area (Å²) in [6, 6.07) is 8.04. The minimum Gasteiger partial charge on any atom is -0.378 e. The van der Waals surface area contributed by atoms with E-state index in [4.69, 9.17) is 4.74 Å². The fourth-order valence-electron chi connectivity index (χ4n) is 2.69. The number of carbonyl (C=O) groups is 1. The molecule has 3 rings (SSSR count). The minimum atomic E-state index is -0.168. The average Bonchev–Trinajstić information content (AvgIpc) is 3.15. The first-order valence-corrected chi connectivity index (χ1v) is 9.79. The molecular weight excluding hydrogens is 362 g/mol. The lowest BCUT2D eigenvalue weighted by molar-refractivity contribution is -0.120. The smallest absolute Gasteiger partial charge is 0.246 e. The number of hydrogen-bond donors (Lipinski definition) is 1. The summed E-state index contributed by atoms with van der Waals surface area (Å²) in [7, 11) is 4.00. The number of rotatable bonds is 6. The summed E-state index contributed by atoms with van der Waals surface area (Å²) in [5.41, 5.74) is 6.25. The molecule has 0 bridgehead atoms. The maximum absolute atomic E-state index is 12.2. The number of aromatic nitrogens is 1. The van der Waals surface area contributed by atoms with Gasteiger partial charge in [0.25, 0.3) is 0 Å². The van der Waals surface area contributed by atoms with Crippen LogP contribution in [0.5, 0.6) is 0 Å². The maximum atomic E-state index is 12.2. The van der Waals surface area contributed by atoms with E-state index >= 15 is 0 Å². The zero-order chi connectivity index (χ0) is 19.2. The number of benzene rings is 1. The molecule has 1 saturated heterocycles. The standard InChI is InChI=1S/C19H25N5O2S/c1-14(15-4-6-17(7-5-15)23(2)3)21-22-18(25)12-16-13-27-19(20-16)24-8-10-26-11-9-24/h4-7,13H,8-12H2,1-3H3,(H,22,25)/b21-14-. The third kappa shape index (κ3) is 5.27. The first-order chi connectivity index (χ1) is 13.0. The maximum Gasteiger partial charge on any atom is 0.246 e. The van der Waals surface area contributed by atoms with Crippen molar-refractivity contribution in [2.75, 3.05) is 50.2 Å². The average molecular weight is 388 g/mol. The van der Waals surface area contributed by atoms with E-state index in [2.05, 4.69) is 20.4 Å². The van der Waals surface area contributed by atoms with Crippen LogP contribution in [0.1, 0.15) is 18.2 Å². The van der Waals surface area contributed by atoms with Crippen molar-refractivity contribution in [3.63, 3.8) is 0 Å². The predicted octanol–water partition coefficient (Wildman–Crippen LogP) is 2.13. The fraction of sp³-hybridized carbons (Fsp3) is 0.421. The summed E-state index contributed by atoms with van der Waals surface area (Å²) < 4.78 is 5.36. The summed E-state index contributed by atoms with van der Waals surface area (Å²) in [5, 5.41) is 7.09. The van der Waals surface area contributed by atoms with E-state index in [9.17, 15) is 4.79 Å². The van der Waals surface area contributed by atoms with Gasteiger partial charge in [-0.3, -0.25) is 4.79 Å². The SMILES string of the molecule is C/C(=N/NC(=O)Cc1csc(N2CCOCC2)n1)c1ccc(N(C)C)cc1. The molecule has 0 radical (unpaired) electrons. The van der Waals surface area contributed by atoms with E-state index in [1.54, 1.807) is 11.3 Å². The Labute approximate surface area is 163 Å². The number of nitrogens with zero attached hydrogens (tertiary/aromatic N) is 4. The van der Waals surface area contributed by atoms with E-state index in [1.165, 1.54) is 0 Å². The topological polar surface area (TPSA) is 70.1 Å². The van der Waals surface area contributed by atoms with Gasteiger partial charge in [-0.1, -0.05) is 12.1 Å². The Morgan fingerprint density at radius 1 is 1.30 bits per heavy atom. The third-order valence-corrected chi connectivity index (χ3v) is 5.26. The van der Waals surface area contributed by atoms with Crippen molar-refractivity contribution in [3.8, 4) is 0 Å². The van der Waals surface area contributed by atoms with Gasteiger partial charge in [0.15, 0.2) is 5.13 Å². The molecule has 0 atom stereocenters. The molecule has 7 nitrogen and oxygen atoms in total. The van der Waals surface area contributed by atoms with Crippen LogP contribution in [-0.2, 0) is 16.0 Å². The number of hydrogen-bond acceptors (Lipinski definition) is 7. The highest BCUT2D eigenvalue weighted by Gasteiger charge is 2.15. The number of anilines is 2. The summed E-state index contributed by atoms with van der Waals surface area (Å²) in [6.07, 6.45) is 0.219. The molecule has 1 N–H and O–H groups in total. The second-order valence-corrected chi connectivity index (χ2v) is 7.41. The molecule has 8 heteroatoms. The summed E-state index contributed by atoms with van der Waals surface area (Å²) >= 11 is 1.56. The first kappa shape index (κ1) is 19.3. The number of ether oxygens (including phenoxy) is 1. The Morgan fingerprint density at radius 2 is 2.00 bits per heavy atom. The zero-order valence-corrected chi connectivity index (χ0v) is 16.8. The molecule has 1 aliphatic heterocycles. The van der Waals surface area contributed by atoms with Crippen molar-refractivity contribution in [1.82, 2.24) is 10.4 Å². The number of nitrogens with one attached hydrogen (secondary N) is 1. The van der Waals surface area contributed by atoms with Crippen LogP contribution in [0.4, 0.5) is 10.8 Å². The first-order valence-electron chi connectivity index (χ1n) is 8.91. The summed E-state index contributed by atoms with van der Waals surface area (Å²) in [6.45, 7) is 5.01. The molecule has 1 fully saturated rings. The molecule has 1 aliphatic rings. The summed E-state index contributed by atoms with van der Waals surface area (Å²) in [4.78, 5) is 21.0. The van der Waals surface area contributed by atoms with Gasteiger partial charge in [0.05, 0.1) is 31.0 Å². The van der Waals surface area contributed by atoms with E-state index in [0.717, 1.165) is 54.1 Å². The third-order valence-electron chi connectivity index (χ3n) is 4.31. The van der Waals surface area contributed by atoms with Gasteiger partial charge in [0.1, 0.15) is 0 Å². The minimum absolute atomic E-state index is 0.168. The highest BCUT2D eigenvalue weighted by atomic mass is 32.1. The van der Waals surface area contributed by atoms with Gasteiger partial charge in [0.2, 0.25) is 5.91 Å². The number of thiazole rings is 1. The fourth-order valence-corrected chi connectivity index (χ4v) is 3.57. The Hall–Kier alpha value is -2.45. The molecular formula is C19H25N5O2S. The predicted molar refractivity (Wildman–Crippen MR) is 110 cm³/mol. The second kappa shape index (κ2) is 8.96. The van der Waals surface area contributed by atoms with E-state index in [0.29, 0.717) is 0 Å². The molecule has 0 spiro atoms. The molecule has 0 unspecified atom stereocenters. The Morgan fingerprint density at radius 3 is 2.67 bits per heavy atom. The monoisotopic (exact) mass is 387 g/mol. The highest BCUT2D eigenvalue weighted by molar-refractivity contribution is 7.13. The number of carbonyl (C=O) groups excluding carboxylic acids is 1. The molecule has 144 valence electrons. The lowest BCUT2D eigenvalue weighted by Crippen LogP contribution is -2.36. The lowest BCUT2D eigenvalue weighted by Gasteiger charge is -2.26. The molecule has 2 heterocycles. The second-order valence-electron chi connectivity index (χ2n) is 6.57. The van der Waals surface area contributed by atoms with Gasteiger partial charge in [-0.25, -0.2) is 10.4 Å². The van der Waals surface area contributed by atoms with Crippen LogP contribution < -0.4 is 15.2 Å². The van der Waals surface area contributed by atoms with Crippen LogP contribution in [0.25, 0.3) is 0 Å². The number of amides is 1. The van der Waals surface area contributed by atoms with Crippen molar-refractivity contribution in [2.24, 2.45) is 5.10 Å². The van der Waals surface area contributed by atoms with E-state index in [1.807, 2.05) is 55.6 Å². The zero-order valence-electron chi connectivity index (χ0n) is 15.9. The van der Waals surface area contributed by atoms with Crippen LogP contribution in [0, 0.1) is 0 Å². The molecule has 2 aromatic rings. The highest BCUT2D eigenvalue weighted by Crippen LogP contribution is 2.21. The molecule has 1 aromatic heterocycles. The number of hydrazone groups is 1. The van der Waals surface area contributed by atoms with Crippen molar-refractivity contribution in [1.29, 1.82) is 0 Å². The van der Waals surface area contributed by atoms with Gasteiger partial charge >= 0.3 is 0 Å². The van der Waals surface area contributed by atoms with E-state index in [-0.39, 0.29) is 12.3 Å². The van der Waals surface area contributed by atoms with Crippen molar-refractivity contribution < 1.29 is 9.53 Å². The van der Waals surface area contributed by atoms with Gasteiger partial charge < -0.3 is 14.5 Å². The normalized spacial score (nSPS) is 14.9. The van der Waals surface area contributed by atoms with Crippen LogP contribution in [0.15, 0.2) is 34.7 Å². The molecule has 0 aliphatic carbocycles. The van der Waals surface area contributed by atoms with Crippen LogP contribution in [0.3, 0.4) is 0 Å². The molecule has 27 heavy (non-hydrogen) atoms. The molecule has 1 amide bonds. The lowest BCUT2D eigenvalue weighted by atomic mass is 10.1. The Kier molecular flexibility index (Phi) is 6.41. The van der Waals surface area contributed by atoms with Crippen molar-refractivity contribution in [3.05, 3.63) is 40.9 Å². The largest absolute Gasteiger partial charge is 0.378 e. The van der Waals surface area contributed by atoms with Crippen molar-refractivity contribution >= 4 is 33.8 Å². The molecule has 1 aromatic carbocycles. The van der Waals surface area contributed by atoms with Gasteiger partial charge in [-0.2, -0.15) is 5.10 Å². The van der Waals surface area contributed by atoms with E-state index < -0.39 is 0 Å². The Balaban J connectivity index is 1.54. The van der Waals surface area contributed by atoms with Gasteiger partial charge in [0, 0.05) is 38.3 Å². The van der Waals surface area contributed by atoms with Crippen LogP contribution in [0.2, 0.25) is 0 Å². The van der Waals surface area contributed by atoms with Crippen LogP contribution >= 0.6 is 11.3 Å². The summed E-state index contributed by atoms with van der Waals surface area (Å²) in [5.74, 6) is -0.168.